The predicted molar refractivity (Wildman–Crippen MR) is 151 cm³/mol. The van der Waals surface area contributed by atoms with Gasteiger partial charge < -0.3 is 14.7 Å². The van der Waals surface area contributed by atoms with Gasteiger partial charge in [0.2, 0.25) is 0 Å². The molecule has 0 spiro atoms. The molecule has 0 heterocycles. The minimum Gasteiger partial charge on any atom is -0.373 e. The van der Waals surface area contributed by atoms with E-state index in [0.29, 0.717) is 0 Å². The van der Waals surface area contributed by atoms with Gasteiger partial charge in [0, 0.05) is 56.3 Å². The van der Waals surface area contributed by atoms with Gasteiger partial charge in [-0.05, 0) is 41.5 Å². The van der Waals surface area contributed by atoms with Gasteiger partial charge in [-0.15, -0.1) is 0 Å². The minimum absolute atomic E-state index is 1.02. The predicted octanol–water partition coefficient (Wildman–Crippen LogP) is 7.24. The molecule has 3 aromatic rings. The first-order valence-electron chi connectivity index (χ1n) is 13.0. The van der Waals surface area contributed by atoms with E-state index < -0.39 is 0 Å². The molecule has 0 amide bonds. The summed E-state index contributed by atoms with van der Waals surface area (Å²) in [5.74, 6) is 1.28. The van der Waals surface area contributed by atoms with Crippen LogP contribution in [0.3, 0.4) is 0 Å². The molecule has 0 aliphatic heterocycles. The van der Waals surface area contributed by atoms with E-state index in [1.807, 2.05) is 0 Å². The topological polar surface area (TPSA) is 9.72 Å². The van der Waals surface area contributed by atoms with Crippen molar-refractivity contribution in [3.8, 4) is 0 Å². The summed E-state index contributed by atoms with van der Waals surface area (Å²) in [7, 11) is 0. The van der Waals surface area contributed by atoms with Crippen LogP contribution in [0.4, 0.5) is 17.1 Å². The molecule has 0 unspecified atom stereocenters. The van der Waals surface area contributed by atoms with E-state index in [2.05, 4.69) is 129 Å². The Labute approximate surface area is 208 Å². The molecule has 182 valence electrons. The van der Waals surface area contributed by atoms with E-state index in [9.17, 15) is 0 Å². The number of nitrogens with zero attached hydrogens (tertiary/aromatic N) is 3. The van der Waals surface area contributed by atoms with Crippen molar-refractivity contribution in [3.05, 3.63) is 95.4 Å². The molecule has 0 N–H and O–H groups in total. The van der Waals surface area contributed by atoms with Crippen LogP contribution in [0.15, 0.2) is 72.8 Å². The first-order chi connectivity index (χ1) is 16.6. The Hall–Kier alpha value is -3.07. The Morgan fingerprint density at radius 2 is 0.588 bits per heavy atom. The Balaban J connectivity index is 2.01. The fourth-order valence-corrected chi connectivity index (χ4v) is 4.78. The lowest BCUT2D eigenvalue weighted by molar-refractivity contribution is 0.865. The molecular weight excluding hydrogens is 414 g/mol. The third-order valence-corrected chi connectivity index (χ3v) is 6.85. The van der Waals surface area contributed by atoms with E-state index in [-0.39, 0.29) is 0 Å². The lowest BCUT2D eigenvalue weighted by Crippen LogP contribution is -2.22. The Kier molecular flexibility index (Phi) is 9.33. The summed E-state index contributed by atoms with van der Waals surface area (Å²) >= 11 is 0. The van der Waals surface area contributed by atoms with Crippen LogP contribution >= 0.6 is 0 Å². The van der Waals surface area contributed by atoms with Gasteiger partial charge in [-0.1, -0.05) is 95.4 Å². The summed E-state index contributed by atoms with van der Waals surface area (Å²) in [5.41, 5.74) is 7.59. The third kappa shape index (κ3) is 5.70. The van der Waals surface area contributed by atoms with Gasteiger partial charge >= 0.3 is 0 Å². The van der Waals surface area contributed by atoms with E-state index in [0.717, 1.165) is 39.3 Å². The van der Waals surface area contributed by atoms with Crippen LogP contribution in [-0.4, -0.2) is 39.3 Å². The zero-order chi connectivity index (χ0) is 24.5. The molecule has 3 aromatic carbocycles. The second kappa shape index (κ2) is 12.4. The van der Waals surface area contributed by atoms with E-state index >= 15 is 0 Å². The molecule has 0 aromatic heterocycles. The molecule has 34 heavy (non-hydrogen) atoms. The summed E-state index contributed by atoms with van der Waals surface area (Å²) in [6, 6.07) is 27.2. The van der Waals surface area contributed by atoms with Crippen molar-refractivity contribution in [2.45, 2.75) is 41.5 Å². The molecular formula is C31H42N3-. The molecule has 0 bridgehead atoms. The molecule has 0 saturated carbocycles. The van der Waals surface area contributed by atoms with E-state index in [1.165, 1.54) is 39.7 Å². The third-order valence-electron chi connectivity index (χ3n) is 6.85. The van der Waals surface area contributed by atoms with Crippen molar-refractivity contribution < 1.29 is 0 Å². The van der Waals surface area contributed by atoms with E-state index in [4.69, 9.17) is 0 Å². The Morgan fingerprint density at radius 3 is 0.765 bits per heavy atom. The molecule has 0 atom stereocenters. The fraction of sp³-hybridized carbons (Fsp3) is 0.387. The van der Waals surface area contributed by atoms with Gasteiger partial charge in [0.15, 0.2) is 0 Å². The molecule has 0 aliphatic rings. The summed E-state index contributed by atoms with van der Waals surface area (Å²) in [6.07, 6.45) is 0. The van der Waals surface area contributed by atoms with Gasteiger partial charge in [0.25, 0.3) is 0 Å². The largest absolute Gasteiger partial charge is 0.373 e. The highest BCUT2D eigenvalue weighted by Crippen LogP contribution is 2.34. The van der Waals surface area contributed by atoms with Crippen molar-refractivity contribution in [3.63, 3.8) is 0 Å². The SMILES string of the molecule is CCN(CC)c1ccc([C-](c2ccc(N(CC)CC)cc2)c2ccc(N(CC)CC)cc2)cc1. The van der Waals surface area contributed by atoms with Crippen LogP contribution in [-0.2, 0) is 0 Å². The zero-order valence-electron chi connectivity index (χ0n) is 22.0. The zero-order valence-corrected chi connectivity index (χ0v) is 22.0. The number of hydrogen-bond donors (Lipinski definition) is 0. The first kappa shape index (κ1) is 25.6. The van der Waals surface area contributed by atoms with Crippen LogP contribution < -0.4 is 14.7 Å². The second-order valence-electron chi connectivity index (χ2n) is 8.53. The smallest absolute Gasteiger partial charge is 0.0258 e. The molecule has 0 radical (unpaired) electrons. The number of rotatable bonds is 12. The monoisotopic (exact) mass is 456 g/mol. The van der Waals surface area contributed by atoms with Crippen LogP contribution in [0.25, 0.3) is 0 Å². The summed E-state index contributed by atoms with van der Waals surface area (Å²) in [6.45, 7) is 19.4. The lowest BCUT2D eigenvalue weighted by Gasteiger charge is -2.29. The van der Waals surface area contributed by atoms with Crippen molar-refractivity contribution in [1.29, 1.82) is 0 Å². The van der Waals surface area contributed by atoms with Crippen LogP contribution in [0, 0.1) is 5.92 Å². The molecule has 3 nitrogen and oxygen atoms in total. The standard InChI is InChI=1S/C31H42N3/c1-7-32(8-2)28-19-13-25(14-20-28)31(26-15-21-29(22-16-26)33(9-3)10-4)27-17-23-30(24-18-27)34(11-5)12-6/h13-24H,7-12H2,1-6H3/q-1. The maximum atomic E-state index is 2.39. The van der Waals surface area contributed by atoms with Crippen molar-refractivity contribution in [1.82, 2.24) is 0 Å². The van der Waals surface area contributed by atoms with Crippen LogP contribution in [0.1, 0.15) is 58.2 Å². The highest BCUT2D eigenvalue weighted by atomic mass is 15.1. The Bertz CT molecular complexity index is 833. The summed E-state index contributed by atoms with van der Waals surface area (Å²) in [5, 5.41) is 0. The molecule has 3 rings (SSSR count). The quantitative estimate of drug-likeness (QED) is 0.210. The van der Waals surface area contributed by atoms with Crippen molar-refractivity contribution in [2.24, 2.45) is 0 Å². The number of anilines is 3. The molecule has 0 aliphatic carbocycles. The lowest BCUT2D eigenvalue weighted by atomic mass is 9.85. The molecule has 0 saturated heterocycles. The normalized spacial score (nSPS) is 10.8. The average molecular weight is 457 g/mol. The van der Waals surface area contributed by atoms with Crippen LogP contribution in [0.2, 0.25) is 0 Å². The Morgan fingerprint density at radius 1 is 0.382 bits per heavy atom. The average Bonchev–Trinajstić information content (AvgIpc) is 2.89. The van der Waals surface area contributed by atoms with Crippen molar-refractivity contribution >= 4 is 17.1 Å². The highest BCUT2D eigenvalue weighted by Gasteiger charge is 2.13. The maximum Gasteiger partial charge on any atom is 0.0258 e. The fourth-order valence-electron chi connectivity index (χ4n) is 4.78. The van der Waals surface area contributed by atoms with Gasteiger partial charge in [-0.3, -0.25) is 0 Å². The summed E-state index contributed by atoms with van der Waals surface area (Å²) < 4.78 is 0. The van der Waals surface area contributed by atoms with Gasteiger partial charge in [-0.2, -0.15) is 0 Å². The number of hydrogen-bond acceptors (Lipinski definition) is 3. The maximum absolute atomic E-state index is 2.39. The molecule has 3 heteroatoms. The first-order valence-corrected chi connectivity index (χ1v) is 13.0. The second-order valence-corrected chi connectivity index (χ2v) is 8.53. The number of benzene rings is 3. The van der Waals surface area contributed by atoms with Crippen molar-refractivity contribution in [2.75, 3.05) is 54.0 Å². The van der Waals surface area contributed by atoms with Gasteiger partial charge in [0.1, 0.15) is 0 Å². The highest BCUT2D eigenvalue weighted by molar-refractivity contribution is 5.63. The van der Waals surface area contributed by atoms with Crippen LogP contribution in [0.5, 0.6) is 0 Å². The van der Waals surface area contributed by atoms with Gasteiger partial charge in [0.05, 0.1) is 0 Å². The minimum atomic E-state index is 1.02. The molecule has 0 fully saturated rings. The summed E-state index contributed by atoms with van der Waals surface area (Å²) in [4.78, 5) is 7.17. The van der Waals surface area contributed by atoms with Gasteiger partial charge in [-0.25, -0.2) is 0 Å². The van der Waals surface area contributed by atoms with E-state index in [1.54, 1.807) is 0 Å².